The molecule has 2 rings (SSSR count). The topological polar surface area (TPSA) is 129 Å². The van der Waals surface area contributed by atoms with Crippen LogP contribution in [0.4, 0.5) is 5.69 Å². The molecule has 0 saturated heterocycles. The predicted molar refractivity (Wildman–Crippen MR) is 161 cm³/mol. The van der Waals surface area contributed by atoms with Crippen LogP contribution < -0.4 is 9.46 Å². The number of nitrogens with zero attached hydrogens (tertiary/aromatic N) is 3. The van der Waals surface area contributed by atoms with Crippen LogP contribution in [0.25, 0.3) is 0 Å². The molecule has 4 atom stereocenters. The summed E-state index contributed by atoms with van der Waals surface area (Å²) in [4.78, 5) is 32.2. The molecule has 0 saturated carbocycles. The normalized spacial score (nSPS) is 21.9. The van der Waals surface area contributed by atoms with Crippen molar-refractivity contribution in [1.29, 1.82) is 0 Å². The molecule has 234 valence electrons. The van der Waals surface area contributed by atoms with Gasteiger partial charge in [0.2, 0.25) is 15.9 Å². The maximum Gasteiger partial charge on any atom is 0.258 e. The van der Waals surface area contributed by atoms with Gasteiger partial charge in [0.05, 0.1) is 36.7 Å². The highest BCUT2D eigenvalue weighted by Gasteiger charge is 2.31. The second kappa shape index (κ2) is 16.3. The van der Waals surface area contributed by atoms with Gasteiger partial charge in [-0.25, -0.2) is 8.42 Å². The van der Waals surface area contributed by atoms with E-state index < -0.39 is 16.1 Å². The summed E-state index contributed by atoms with van der Waals surface area (Å²) < 4.78 is 38.7. The van der Waals surface area contributed by atoms with E-state index >= 15 is 0 Å². The summed E-state index contributed by atoms with van der Waals surface area (Å²) in [6.07, 6.45) is 4.15. The van der Waals surface area contributed by atoms with Crippen molar-refractivity contribution in [3.05, 3.63) is 23.8 Å². The Hall–Kier alpha value is -2.41. The first-order valence-electron chi connectivity index (χ1n) is 14.4. The average molecular weight is 599 g/mol. The van der Waals surface area contributed by atoms with E-state index in [0.717, 1.165) is 38.5 Å². The minimum Gasteiger partial charge on any atom is -0.490 e. The molecule has 0 aromatic heterocycles. The zero-order chi connectivity index (χ0) is 30.7. The zero-order valence-electron chi connectivity index (χ0n) is 25.8. The Bertz CT molecular complexity index is 1100. The van der Waals surface area contributed by atoms with Gasteiger partial charge in [-0.15, -0.1) is 0 Å². The number of benzene rings is 1. The molecule has 0 unspecified atom stereocenters. The molecule has 1 aromatic rings. The molecular formula is C29H50N4O7S. The van der Waals surface area contributed by atoms with Crippen LogP contribution >= 0.6 is 0 Å². The van der Waals surface area contributed by atoms with E-state index in [2.05, 4.69) is 4.72 Å². The van der Waals surface area contributed by atoms with Gasteiger partial charge in [0.1, 0.15) is 5.75 Å². The Morgan fingerprint density at radius 1 is 1.22 bits per heavy atom. The Kier molecular flexibility index (Phi) is 13.8. The van der Waals surface area contributed by atoms with Crippen molar-refractivity contribution in [3.63, 3.8) is 0 Å². The number of anilines is 1. The van der Waals surface area contributed by atoms with Crippen molar-refractivity contribution in [2.75, 3.05) is 65.0 Å². The van der Waals surface area contributed by atoms with E-state index in [1.54, 1.807) is 35.9 Å². The molecular weight excluding hydrogens is 548 g/mol. The molecule has 1 heterocycles. The lowest BCUT2D eigenvalue weighted by atomic mass is 10.0. The minimum atomic E-state index is -3.57. The average Bonchev–Trinajstić information content (AvgIpc) is 2.89. The van der Waals surface area contributed by atoms with Gasteiger partial charge in [-0.3, -0.25) is 14.3 Å². The molecule has 0 fully saturated rings. The van der Waals surface area contributed by atoms with E-state index in [1.165, 1.54) is 6.07 Å². The Balaban J connectivity index is 2.39. The summed E-state index contributed by atoms with van der Waals surface area (Å²) in [5, 5.41) is 10.1. The number of carbonyl (C=O) groups excluding carboxylic acids is 2. The van der Waals surface area contributed by atoms with Crippen molar-refractivity contribution in [3.8, 4) is 5.75 Å². The fourth-order valence-corrected chi connectivity index (χ4v) is 5.33. The molecule has 1 aliphatic heterocycles. The van der Waals surface area contributed by atoms with Gasteiger partial charge < -0.3 is 29.3 Å². The van der Waals surface area contributed by atoms with E-state index in [1.807, 2.05) is 32.8 Å². The second-order valence-electron chi connectivity index (χ2n) is 11.6. The maximum atomic E-state index is 14.0. The highest BCUT2D eigenvalue weighted by atomic mass is 32.2. The number of nitrogens with one attached hydrogen (secondary N) is 1. The number of hydrogen-bond donors (Lipinski definition) is 2. The molecule has 11 nitrogen and oxygen atoms in total. The van der Waals surface area contributed by atoms with Crippen molar-refractivity contribution >= 4 is 27.5 Å². The lowest BCUT2D eigenvalue weighted by molar-refractivity contribution is -0.132. The van der Waals surface area contributed by atoms with Crippen LogP contribution in [0.1, 0.15) is 63.2 Å². The zero-order valence-corrected chi connectivity index (χ0v) is 26.6. The van der Waals surface area contributed by atoms with E-state index in [-0.39, 0.29) is 54.3 Å². The molecule has 0 radical (unpaired) electrons. The van der Waals surface area contributed by atoms with Crippen LogP contribution in [0, 0.1) is 5.92 Å². The number of ether oxygens (including phenoxy) is 2. The van der Waals surface area contributed by atoms with E-state index in [0.29, 0.717) is 25.3 Å². The molecule has 2 amide bonds. The highest BCUT2D eigenvalue weighted by molar-refractivity contribution is 7.92. The van der Waals surface area contributed by atoms with Gasteiger partial charge in [0.25, 0.3) is 5.91 Å². The molecule has 41 heavy (non-hydrogen) atoms. The molecule has 2 N–H and O–H groups in total. The summed E-state index contributed by atoms with van der Waals surface area (Å²) in [5.74, 6) is -0.156. The molecule has 1 aromatic carbocycles. The number of sulfonamides is 1. The number of aliphatic hydroxyl groups is 1. The first-order valence-corrected chi connectivity index (χ1v) is 16.3. The van der Waals surface area contributed by atoms with Crippen LogP contribution in [0.2, 0.25) is 0 Å². The quantitative estimate of drug-likeness (QED) is 0.421. The van der Waals surface area contributed by atoms with Crippen LogP contribution in [0.5, 0.6) is 5.75 Å². The van der Waals surface area contributed by atoms with Crippen LogP contribution in [0.3, 0.4) is 0 Å². The van der Waals surface area contributed by atoms with E-state index in [4.69, 9.17) is 9.47 Å². The summed E-state index contributed by atoms with van der Waals surface area (Å²) >= 11 is 0. The summed E-state index contributed by atoms with van der Waals surface area (Å²) in [7, 11) is 2.17. The largest absolute Gasteiger partial charge is 0.490 e. The highest BCUT2D eigenvalue weighted by Crippen LogP contribution is 2.28. The van der Waals surface area contributed by atoms with Gasteiger partial charge in [-0.1, -0.05) is 6.92 Å². The smallest absolute Gasteiger partial charge is 0.258 e. The number of carbonyl (C=O) groups is 2. The van der Waals surface area contributed by atoms with Crippen molar-refractivity contribution in [1.82, 2.24) is 14.7 Å². The monoisotopic (exact) mass is 598 g/mol. The number of rotatable bonds is 10. The second-order valence-corrected chi connectivity index (χ2v) is 13.3. The minimum absolute atomic E-state index is 0.0459. The Morgan fingerprint density at radius 3 is 2.56 bits per heavy atom. The number of likely N-dealkylation sites (N-methyl/N-ethyl adjacent to an activating group) is 1. The predicted octanol–water partition coefficient (Wildman–Crippen LogP) is 2.65. The summed E-state index contributed by atoms with van der Waals surface area (Å²) in [5.41, 5.74) is 0.456. The Morgan fingerprint density at radius 2 is 1.93 bits per heavy atom. The third-order valence-corrected chi connectivity index (χ3v) is 7.84. The number of amides is 2. The molecule has 0 aliphatic carbocycles. The summed E-state index contributed by atoms with van der Waals surface area (Å²) in [6, 6.07) is 4.13. The third-order valence-electron chi connectivity index (χ3n) is 7.23. The van der Waals surface area contributed by atoms with Crippen LogP contribution in [-0.2, 0) is 19.6 Å². The first-order chi connectivity index (χ1) is 19.2. The number of fused-ring (bicyclic) bond motifs is 1. The lowest BCUT2D eigenvalue weighted by Gasteiger charge is -2.36. The van der Waals surface area contributed by atoms with Crippen LogP contribution in [-0.4, -0.2) is 119 Å². The third kappa shape index (κ3) is 11.8. The number of hydrogen-bond acceptors (Lipinski definition) is 8. The SMILES string of the molecule is C[C@@H]1CN([C@H](C)CO)C(=O)c2cc(NS(C)(=O)=O)ccc2O[C@@H](C)CCCCO[C@@H]1CN(C)C(=O)CCCN(C)C. The summed E-state index contributed by atoms with van der Waals surface area (Å²) in [6.45, 7) is 7.39. The standard InChI is InChI=1S/C29H50N4O7S/c1-21-18-33(22(2)20-34)29(36)25-17-24(30-41(7,37)38)13-14-26(25)40-23(3)11-8-9-16-39-27(21)19-32(6)28(35)12-10-15-31(4)5/h13-14,17,21-23,27,30,34H,8-12,15-16,18-20H2,1-7H3/t21-,22-,23+,27-/m1/s1. The van der Waals surface area contributed by atoms with E-state index in [9.17, 15) is 23.1 Å². The first kappa shape index (κ1) is 34.8. The number of aliphatic hydroxyl groups excluding tert-OH is 1. The van der Waals surface area contributed by atoms with Gasteiger partial charge in [-0.05, 0) is 78.4 Å². The molecule has 12 heteroatoms. The fraction of sp³-hybridized carbons (Fsp3) is 0.724. The van der Waals surface area contributed by atoms with Crippen molar-refractivity contribution < 1.29 is 32.6 Å². The lowest BCUT2D eigenvalue weighted by Crippen LogP contribution is -2.48. The van der Waals surface area contributed by atoms with Crippen molar-refractivity contribution in [2.24, 2.45) is 5.92 Å². The molecule has 0 bridgehead atoms. The maximum absolute atomic E-state index is 14.0. The van der Waals surface area contributed by atoms with Gasteiger partial charge in [0.15, 0.2) is 0 Å². The Labute approximate surface area is 246 Å². The van der Waals surface area contributed by atoms with Crippen LogP contribution in [0.15, 0.2) is 18.2 Å². The van der Waals surface area contributed by atoms with Gasteiger partial charge in [-0.2, -0.15) is 0 Å². The van der Waals surface area contributed by atoms with Gasteiger partial charge >= 0.3 is 0 Å². The van der Waals surface area contributed by atoms with Gasteiger partial charge in [0, 0.05) is 44.8 Å². The fourth-order valence-electron chi connectivity index (χ4n) is 4.77. The molecule has 0 spiro atoms. The molecule has 1 aliphatic rings. The van der Waals surface area contributed by atoms with Crippen molar-refractivity contribution in [2.45, 2.75) is 71.1 Å².